The number of hydrogen-bond donors (Lipinski definition) is 1. The van der Waals surface area contributed by atoms with Gasteiger partial charge in [-0.05, 0) is 12.1 Å². The van der Waals surface area contributed by atoms with Crippen molar-refractivity contribution in [3.8, 4) is 11.3 Å². The molecule has 0 atom stereocenters. The molecule has 0 saturated heterocycles. The smallest absolute Gasteiger partial charge is 0.364 e. The number of nitro groups is 1. The molecular formula is C14H7F6N3O3. The van der Waals surface area contributed by atoms with Gasteiger partial charge < -0.3 is 5.73 Å². The van der Waals surface area contributed by atoms with Gasteiger partial charge in [0.05, 0.1) is 16.2 Å². The Morgan fingerprint density at radius 2 is 1.58 bits per heavy atom. The van der Waals surface area contributed by atoms with Crippen LogP contribution in [0.4, 0.5) is 32.0 Å². The van der Waals surface area contributed by atoms with Crippen molar-refractivity contribution < 1.29 is 36.1 Å². The van der Waals surface area contributed by atoms with Crippen molar-refractivity contribution in [2.45, 2.75) is 12.4 Å². The van der Waals surface area contributed by atoms with Gasteiger partial charge in [0.15, 0.2) is 0 Å². The first-order chi connectivity index (χ1) is 11.8. The van der Waals surface area contributed by atoms with Crippen LogP contribution in [-0.4, -0.2) is 15.8 Å². The van der Waals surface area contributed by atoms with Crippen molar-refractivity contribution >= 4 is 11.6 Å². The van der Waals surface area contributed by atoms with Crippen LogP contribution < -0.4 is 5.73 Å². The van der Waals surface area contributed by atoms with E-state index in [9.17, 15) is 41.3 Å². The number of carbonyl (C=O) groups excluding carboxylic acids is 1. The van der Waals surface area contributed by atoms with E-state index in [1.165, 1.54) is 0 Å². The molecule has 1 heterocycles. The van der Waals surface area contributed by atoms with E-state index >= 15 is 0 Å². The highest BCUT2D eigenvalue weighted by molar-refractivity contribution is 5.96. The number of pyridine rings is 1. The molecule has 0 radical (unpaired) electrons. The molecule has 2 aromatic rings. The molecule has 1 aromatic heterocycles. The lowest BCUT2D eigenvalue weighted by atomic mass is 10.0. The average molecular weight is 379 g/mol. The fourth-order valence-electron chi connectivity index (χ4n) is 2.20. The number of amides is 1. The number of aromatic nitrogens is 1. The van der Waals surface area contributed by atoms with Crippen LogP contribution in [0.1, 0.15) is 21.6 Å². The van der Waals surface area contributed by atoms with Crippen molar-refractivity contribution in [1.29, 1.82) is 0 Å². The second kappa shape index (κ2) is 6.28. The number of benzene rings is 1. The van der Waals surface area contributed by atoms with Crippen molar-refractivity contribution in [2.24, 2.45) is 5.73 Å². The van der Waals surface area contributed by atoms with Gasteiger partial charge in [-0.3, -0.25) is 14.9 Å². The molecule has 0 unspecified atom stereocenters. The van der Waals surface area contributed by atoms with Crippen molar-refractivity contribution in [3.05, 3.63) is 57.3 Å². The molecule has 0 aliphatic rings. The molecule has 0 aliphatic carbocycles. The Bertz CT molecular complexity index is 892. The van der Waals surface area contributed by atoms with Crippen molar-refractivity contribution in [2.75, 3.05) is 0 Å². The number of nitrogens with two attached hydrogens (primary N) is 1. The lowest BCUT2D eigenvalue weighted by Gasteiger charge is -2.15. The molecule has 6 nitrogen and oxygen atoms in total. The number of nitrogens with zero attached hydrogens (tertiary/aromatic N) is 2. The molecule has 0 aliphatic heterocycles. The van der Waals surface area contributed by atoms with Gasteiger partial charge >= 0.3 is 18.0 Å². The number of carbonyl (C=O) groups is 1. The maximum absolute atomic E-state index is 13.2. The zero-order chi connectivity index (χ0) is 19.9. The van der Waals surface area contributed by atoms with E-state index in [1.54, 1.807) is 0 Å². The summed E-state index contributed by atoms with van der Waals surface area (Å²) in [6.45, 7) is 0. The minimum Gasteiger partial charge on any atom is -0.364 e. The van der Waals surface area contributed by atoms with E-state index in [-0.39, 0.29) is 6.07 Å². The third kappa shape index (κ3) is 3.58. The second-order valence-electron chi connectivity index (χ2n) is 4.91. The SMILES string of the molecule is NC(=O)c1nc(-c2ccccc2C(F)(F)F)cc(C(F)(F)F)c1[N+](=O)[O-]. The Morgan fingerprint density at radius 3 is 2.04 bits per heavy atom. The highest BCUT2D eigenvalue weighted by atomic mass is 19.4. The number of halogens is 6. The number of alkyl halides is 6. The Morgan fingerprint density at radius 1 is 1.04 bits per heavy atom. The van der Waals surface area contributed by atoms with Crippen molar-refractivity contribution in [3.63, 3.8) is 0 Å². The standard InChI is InChI=1S/C14H7F6N3O3/c15-13(16,17)7-4-2-1-3-6(7)9-5-8(14(18,19)20)11(23(25)26)10(22-9)12(21)24/h1-5H,(H2,21,24). The minimum atomic E-state index is -5.34. The fraction of sp³-hybridized carbons (Fsp3) is 0.143. The van der Waals surface area contributed by atoms with E-state index in [0.29, 0.717) is 6.07 Å². The number of rotatable bonds is 3. The maximum Gasteiger partial charge on any atom is 0.423 e. The maximum atomic E-state index is 13.2. The van der Waals surface area contributed by atoms with Gasteiger partial charge in [-0.15, -0.1) is 0 Å². The summed E-state index contributed by atoms with van der Waals surface area (Å²) in [5.74, 6) is -1.69. The Labute approximate surface area is 140 Å². The first kappa shape index (κ1) is 19.1. The molecule has 2 rings (SSSR count). The molecule has 2 N–H and O–H groups in total. The summed E-state index contributed by atoms with van der Waals surface area (Å²) >= 11 is 0. The fourth-order valence-corrected chi connectivity index (χ4v) is 2.20. The third-order valence-electron chi connectivity index (χ3n) is 3.22. The lowest BCUT2D eigenvalue weighted by molar-refractivity contribution is -0.388. The Balaban J connectivity index is 2.92. The summed E-state index contributed by atoms with van der Waals surface area (Å²) in [7, 11) is 0. The van der Waals surface area contributed by atoms with Crippen LogP contribution in [0, 0.1) is 10.1 Å². The lowest BCUT2D eigenvalue weighted by Crippen LogP contribution is -2.20. The molecule has 12 heteroatoms. The van der Waals surface area contributed by atoms with Crippen LogP contribution in [0.2, 0.25) is 0 Å². The Kier molecular flexibility index (Phi) is 4.62. The van der Waals surface area contributed by atoms with E-state index < -0.39 is 56.9 Å². The topological polar surface area (TPSA) is 99.1 Å². The minimum absolute atomic E-state index is 0.0785. The summed E-state index contributed by atoms with van der Waals surface area (Å²) in [6.07, 6.45) is -10.3. The molecule has 1 aromatic carbocycles. The van der Waals surface area contributed by atoms with Crippen LogP contribution in [0.25, 0.3) is 11.3 Å². The number of hydrogen-bond acceptors (Lipinski definition) is 4. The van der Waals surface area contributed by atoms with Crippen molar-refractivity contribution in [1.82, 2.24) is 4.98 Å². The normalized spacial score (nSPS) is 12.1. The van der Waals surface area contributed by atoms with Crippen LogP contribution in [0.3, 0.4) is 0 Å². The van der Waals surface area contributed by atoms with Gasteiger partial charge in [0.2, 0.25) is 5.69 Å². The van der Waals surface area contributed by atoms with Gasteiger partial charge in [0.25, 0.3) is 5.91 Å². The first-order valence-electron chi connectivity index (χ1n) is 6.57. The Hall–Kier alpha value is -3.18. The molecule has 138 valence electrons. The van der Waals surface area contributed by atoms with Crippen LogP contribution in [0.5, 0.6) is 0 Å². The van der Waals surface area contributed by atoms with Gasteiger partial charge in [0.1, 0.15) is 5.56 Å². The predicted octanol–water partition coefficient (Wildman–Crippen LogP) is 3.79. The quantitative estimate of drug-likeness (QED) is 0.498. The largest absolute Gasteiger partial charge is 0.423 e. The van der Waals surface area contributed by atoms with E-state index in [4.69, 9.17) is 5.73 Å². The highest BCUT2D eigenvalue weighted by Gasteiger charge is 2.43. The molecule has 1 amide bonds. The van der Waals surface area contributed by atoms with Gasteiger partial charge in [-0.25, -0.2) is 4.98 Å². The predicted molar refractivity (Wildman–Crippen MR) is 74.8 cm³/mol. The summed E-state index contributed by atoms with van der Waals surface area (Å²) in [4.78, 5) is 24.1. The van der Waals surface area contributed by atoms with Gasteiger partial charge in [-0.1, -0.05) is 18.2 Å². The number of primary amides is 1. The van der Waals surface area contributed by atoms with Crippen LogP contribution >= 0.6 is 0 Å². The second-order valence-corrected chi connectivity index (χ2v) is 4.91. The van der Waals surface area contributed by atoms with Gasteiger partial charge in [0, 0.05) is 5.56 Å². The zero-order valence-corrected chi connectivity index (χ0v) is 12.4. The molecular weight excluding hydrogens is 372 g/mol. The molecule has 0 saturated carbocycles. The zero-order valence-electron chi connectivity index (χ0n) is 12.4. The molecule has 0 fully saturated rings. The summed E-state index contributed by atoms with van der Waals surface area (Å²) in [5, 5.41) is 10.9. The third-order valence-corrected chi connectivity index (χ3v) is 3.22. The average Bonchev–Trinajstić information content (AvgIpc) is 2.51. The van der Waals surface area contributed by atoms with E-state index in [2.05, 4.69) is 4.98 Å². The van der Waals surface area contributed by atoms with E-state index in [1.807, 2.05) is 0 Å². The summed E-state index contributed by atoms with van der Waals surface area (Å²) in [6, 6.07) is 3.59. The van der Waals surface area contributed by atoms with Gasteiger partial charge in [-0.2, -0.15) is 26.3 Å². The van der Waals surface area contributed by atoms with Crippen LogP contribution in [-0.2, 0) is 12.4 Å². The highest BCUT2D eigenvalue weighted by Crippen LogP contribution is 2.42. The monoisotopic (exact) mass is 379 g/mol. The molecule has 0 bridgehead atoms. The molecule has 0 spiro atoms. The first-order valence-corrected chi connectivity index (χ1v) is 6.57. The summed E-state index contributed by atoms with van der Waals surface area (Å²) < 4.78 is 78.8. The van der Waals surface area contributed by atoms with E-state index in [0.717, 1.165) is 18.2 Å². The molecule has 26 heavy (non-hydrogen) atoms. The van der Waals surface area contributed by atoms with Crippen LogP contribution in [0.15, 0.2) is 30.3 Å². The summed E-state index contributed by atoms with van der Waals surface area (Å²) in [5.41, 5.74) is -3.25.